The lowest BCUT2D eigenvalue weighted by Gasteiger charge is -2.12. The van der Waals surface area contributed by atoms with Gasteiger partial charge < -0.3 is 9.72 Å². The largest absolute Gasteiger partial charge is 0.494 e. The van der Waals surface area contributed by atoms with E-state index in [0.717, 1.165) is 21.0 Å². The molecule has 0 aliphatic heterocycles. The molecule has 0 spiro atoms. The van der Waals surface area contributed by atoms with Gasteiger partial charge in [0.15, 0.2) is 3.95 Å². The highest BCUT2D eigenvalue weighted by atomic mass is 32.1. The number of hydrogen-bond donors (Lipinski definition) is 1. The summed E-state index contributed by atoms with van der Waals surface area (Å²) in [7, 11) is 0. The topological polar surface area (TPSA) is 25.0 Å². The number of rotatable bonds is 3. The van der Waals surface area contributed by atoms with Crippen molar-refractivity contribution in [2.75, 3.05) is 6.61 Å². The maximum absolute atomic E-state index is 5.62. The first-order chi connectivity index (χ1) is 8.52. The van der Waals surface area contributed by atoms with Gasteiger partial charge in [-0.1, -0.05) is 0 Å². The van der Waals surface area contributed by atoms with Crippen LogP contribution in [0.25, 0.3) is 11.3 Å². The van der Waals surface area contributed by atoms with Gasteiger partial charge in [-0.25, -0.2) is 0 Å². The number of nitrogens with one attached hydrogen (secondary N) is 1. The Balaban J connectivity index is 2.56. The number of thiazole rings is 1. The summed E-state index contributed by atoms with van der Waals surface area (Å²) in [6.07, 6.45) is 0. The number of ether oxygens (including phenoxy) is 1. The van der Waals surface area contributed by atoms with Crippen LogP contribution in [0.15, 0.2) is 12.1 Å². The van der Waals surface area contributed by atoms with Crippen LogP contribution in [-0.4, -0.2) is 11.6 Å². The van der Waals surface area contributed by atoms with Gasteiger partial charge in [0.1, 0.15) is 5.75 Å². The van der Waals surface area contributed by atoms with E-state index in [9.17, 15) is 0 Å². The van der Waals surface area contributed by atoms with E-state index < -0.39 is 0 Å². The molecule has 2 aromatic rings. The molecule has 1 aromatic heterocycles. The number of hydrogen-bond acceptors (Lipinski definition) is 3. The van der Waals surface area contributed by atoms with Crippen molar-refractivity contribution in [3.05, 3.63) is 32.1 Å². The minimum Gasteiger partial charge on any atom is -0.494 e. The van der Waals surface area contributed by atoms with Crippen molar-refractivity contribution >= 4 is 23.6 Å². The van der Waals surface area contributed by atoms with E-state index in [2.05, 4.69) is 37.9 Å². The van der Waals surface area contributed by atoms with Crippen LogP contribution in [0, 0.1) is 24.7 Å². The predicted octanol–water partition coefficient (Wildman–Crippen LogP) is 4.80. The van der Waals surface area contributed by atoms with Crippen LogP contribution in [0.3, 0.4) is 0 Å². The maximum Gasteiger partial charge on any atom is 0.159 e. The molecular formula is C14H17NOS2. The molecule has 1 heterocycles. The average Bonchev–Trinajstić information content (AvgIpc) is 2.63. The van der Waals surface area contributed by atoms with E-state index >= 15 is 0 Å². The number of benzene rings is 1. The maximum atomic E-state index is 5.62. The molecule has 2 rings (SSSR count). The Kier molecular flexibility index (Phi) is 3.88. The molecule has 0 saturated heterocycles. The highest BCUT2D eigenvalue weighted by Gasteiger charge is 2.11. The SMILES string of the molecule is CCOc1cc(C)c(-c2[nH]c(=S)sc2C)cc1C. The van der Waals surface area contributed by atoms with Gasteiger partial charge in [-0.3, -0.25) is 0 Å². The summed E-state index contributed by atoms with van der Waals surface area (Å²) in [4.78, 5) is 4.50. The molecule has 2 nitrogen and oxygen atoms in total. The van der Waals surface area contributed by atoms with Crippen molar-refractivity contribution in [1.82, 2.24) is 4.98 Å². The second-order valence-corrected chi connectivity index (χ2v) is 6.20. The van der Waals surface area contributed by atoms with Crippen LogP contribution in [0.4, 0.5) is 0 Å². The number of aryl methyl sites for hydroxylation is 3. The predicted molar refractivity (Wildman–Crippen MR) is 80.3 cm³/mol. The first-order valence-electron chi connectivity index (χ1n) is 5.97. The first-order valence-corrected chi connectivity index (χ1v) is 7.19. The van der Waals surface area contributed by atoms with Crippen LogP contribution in [0.5, 0.6) is 5.75 Å². The zero-order valence-corrected chi connectivity index (χ0v) is 12.7. The third-order valence-electron chi connectivity index (χ3n) is 2.92. The van der Waals surface area contributed by atoms with Crippen LogP contribution >= 0.6 is 23.6 Å². The Morgan fingerprint density at radius 2 is 1.94 bits per heavy atom. The highest BCUT2D eigenvalue weighted by molar-refractivity contribution is 7.73. The number of aromatic amines is 1. The molecule has 0 aliphatic rings. The van der Waals surface area contributed by atoms with Crippen molar-refractivity contribution in [1.29, 1.82) is 0 Å². The highest BCUT2D eigenvalue weighted by Crippen LogP contribution is 2.32. The molecule has 96 valence electrons. The minimum atomic E-state index is 0.694. The van der Waals surface area contributed by atoms with Gasteiger partial charge in [0.25, 0.3) is 0 Å². The zero-order chi connectivity index (χ0) is 13.3. The van der Waals surface area contributed by atoms with Crippen LogP contribution < -0.4 is 4.74 Å². The summed E-state index contributed by atoms with van der Waals surface area (Å²) in [5.74, 6) is 0.963. The van der Waals surface area contributed by atoms with Gasteiger partial charge in [0, 0.05) is 10.4 Å². The second kappa shape index (κ2) is 5.24. The third kappa shape index (κ3) is 2.49. The van der Waals surface area contributed by atoms with Gasteiger partial charge in [0.2, 0.25) is 0 Å². The molecule has 1 N–H and O–H groups in total. The monoisotopic (exact) mass is 279 g/mol. The van der Waals surface area contributed by atoms with E-state index in [1.807, 2.05) is 6.92 Å². The quantitative estimate of drug-likeness (QED) is 0.817. The second-order valence-electron chi connectivity index (χ2n) is 4.31. The van der Waals surface area contributed by atoms with E-state index in [1.165, 1.54) is 16.0 Å². The molecule has 0 aliphatic carbocycles. The summed E-state index contributed by atoms with van der Waals surface area (Å²) >= 11 is 6.82. The van der Waals surface area contributed by atoms with E-state index in [1.54, 1.807) is 11.3 Å². The Morgan fingerprint density at radius 3 is 2.50 bits per heavy atom. The summed E-state index contributed by atoms with van der Waals surface area (Å²) in [5, 5.41) is 0. The molecule has 0 atom stereocenters. The van der Waals surface area contributed by atoms with Crippen molar-refractivity contribution in [2.24, 2.45) is 0 Å². The molecule has 0 unspecified atom stereocenters. The first kappa shape index (κ1) is 13.3. The Bertz CT molecular complexity index is 625. The smallest absolute Gasteiger partial charge is 0.159 e. The molecule has 0 saturated carbocycles. The van der Waals surface area contributed by atoms with Gasteiger partial charge in [-0.05, 0) is 63.2 Å². The molecule has 0 radical (unpaired) electrons. The summed E-state index contributed by atoms with van der Waals surface area (Å²) < 4.78 is 6.44. The molecule has 1 aromatic carbocycles. The minimum absolute atomic E-state index is 0.694. The van der Waals surface area contributed by atoms with Crippen molar-refractivity contribution < 1.29 is 4.74 Å². The lowest BCUT2D eigenvalue weighted by atomic mass is 10.0. The van der Waals surface area contributed by atoms with Crippen LogP contribution in [-0.2, 0) is 0 Å². The third-order valence-corrected chi connectivity index (χ3v) is 4.07. The fraction of sp³-hybridized carbons (Fsp3) is 0.357. The zero-order valence-electron chi connectivity index (χ0n) is 11.1. The lowest BCUT2D eigenvalue weighted by Crippen LogP contribution is -1.96. The Labute approximate surface area is 117 Å². The fourth-order valence-electron chi connectivity index (χ4n) is 2.03. The molecular weight excluding hydrogens is 262 g/mol. The van der Waals surface area contributed by atoms with Gasteiger partial charge in [-0.2, -0.15) is 0 Å². The Morgan fingerprint density at radius 1 is 1.22 bits per heavy atom. The van der Waals surface area contributed by atoms with Crippen molar-refractivity contribution in [2.45, 2.75) is 27.7 Å². The number of aromatic nitrogens is 1. The standard InChI is InChI=1S/C14H17NOS2/c1-5-16-12-7-8(2)11(6-9(12)3)13-10(4)18-14(17)15-13/h6-7H,5H2,1-4H3,(H,15,17). The molecule has 18 heavy (non-hydrogen) atoms. The van der Waals surface area contributed by atoms with Crippen LogP contribution in [0.2, 0.25) is 0 Å². The summed E-state index contributed by atoms with van der Waals surface area (Å²) in [5.41, 5.74) is 4.70. The summed E-state index contributed by atoms with van der Waals surface area (Å²) in [6.45, 7) is 8.97. The van der Waals surface area contributed by atoms with E-state index in [4.69, 9.17) is 17.0 Å². The Hall–Kier alpha value is -1.13. The van der Waals surface area contributed by atoms with Gasteiger partial charge >= 0.3 is 0 Å². The lowest BCUT2D eigenvalue weighted by molar-refractivity contribution is 0.337. The molecule has 4 heteroatoms. The molecule has 0 amide bonds. The van der Waals surface area contributed by atoms with Crippen molar-refractivity contribution in [3.8, 4) is 17.0 Å². The fourth-order valence-corrected chi connectivity index (χ4v) is 3.20. The van der Waals surface area contributed by atoms with E-state index in [-0.39, 0.29) is 0 Å². The van der Waals surface area contributed by atoms with Crippen molar-refractivity contribution in [3.63, 3.8) is 0 Å². The van der Waals surface area contributed by atoms with Gasteiger partial charge in [-0.15, -0.1) is 11.3 Å². The number of H-pyrrole nitrogens is 1. The normalized spacial score (nSPS) is 10.7. The van der Waals surface area contributed by atoms with Gasteiger partial charge in [0.05, 0.1) is 12.3 Å². The van der Waals surface area contributed by atoms with Crippen LogP contribution in [0.1, 0.15) is 22.9 Å². The summed E-state index contributed by atoms with van der Waals surface area (Å²) in [6, 6.07) is 4.27. The average molecular weight is 279 g/mol. The molecule has 0 fully saturated rings. The van der Waals surface area contributed by atoms with E-state index in [0.29, 0.717) is 6.61 Å². The molecule has 0 bridgehead atoms.